The van der Waals surface area contributed by atoms with Crippen LogP contribution < -0.4 is 5.32 Å². The van der Waals surface area contributed by atoms with E-state index in [9.17, 15) is 14.9 Å². The van der Waals surface area contributed by atoms with Crippen LogP contribution in [0, 0.1) is 17.0 Å². The lowest BCUT2D eigenvalue weighted by atomic mass is 10.1. The van der Waals surface area contributed by atoms with Crippen LogP contribution in [-0.4, -0.2) is 20.6 Å². The average Bonchev–Trinajstić information content (AvgIpc) is 3.16. The van der Waals surface area contributed by atoms with Gasteiger partial charge in [0.1, 0.15) is 0 Å². The molecule has 3 aromatic carbocycles. The smallest absolute Gasteiger partial charge is 0.271 e. The molecular weight excluding hydrogens is 380 g/mol. The third-order valence-corrected chi connectivity index (χ3v) is 4.59. The molecule has 0 spiro atoms. The standard InChI is InChI=1S/C23H18N4O3/c1-16-14-22(17-6-3-2-4-7-17)26(25-16)20-12-10-18(11-13-20)23(28)24-19-8-5-9-21(15-19)27(29)30/h2-15H,1H3,(H,24,28). The van der Waals surface area contributed by atoms with E-state index in [0.29, 0.717) is 11.3 Å². The minimum atomic E-state index is -0.499. The lowest BCUT2D eigenvalue weighted by molar-refractivity contribution is -0.384. The van der Waals surface area contributed by atoms with Gasteiger partial charge in [0.05, 0.1) is 22.0 Å². The summed E-state index contributed by atoms with van der Waals surface area (Å²) in [6, 6.07) is 24.9. The predicted octanol–water partition coefficient (Wildman–Crippen LogP) is 5.01. The van der Waals surface area contributed by atoms with Crippen molar-refractivity contribution < 1.29 is 9.72 Å². The van der Waals surface area contributed by atoms with Gasteiger partial charge in [0, 0.05) is 28.9 Å². The van der Waals surface area contributed by atoms with Gasteiger partial charge < -0.3 is 5.32 Å². The molecule has 30 heavy (non-hydrogen) atoms. The van der Waals surface area contributed by atoms with Crippen molar-refractivity contribution in [3.63, 3.8) is 0 Å². The summed E-state index contributed by atoms with van der Waals surface area (Å²) < 4.78 is 1.84. The number of anilines is 1. The van der Waals surface area contributed by atoms with E-state index < -0.39 is 4.92 Å². The highest BCUT2D eigenvalue weighted by Gasteiger charge is 2.12. The Labute approximate surface area is 172 Å². The van der Waals surface area contributed by atoms with E-state index in [1.807, 2.05) is 60.1 Å². The molecule has 1 heterocycles. The van der Waals surface area contributed by atoms with E-state index in [4.69, 9.17) is 0 Å². The van der Waals surface area contributed by atoms with Crippen LogP contribution in [0.5, 0.6) is 0 Å². The fourth-order valence-corrected chi connectivity index (χ4v) is 3.17. The molecule has 0 saturated carbocycles. The Morgan fingerprint density at radius 1 is 0.967 bits per heavy atom. The Morgan fingerprint density at radius 3 is 2.40 bits per heavy atom. The van der Waals surface area contributed by atoms with E-state index >= 15 is 0 Å². The largest absolute Gasteiger partial charge is 0.322 e. The molecule has 0 atom stereocenters. The van der Waals surface area contributed by atoms with Crippen molar-refractivity contribution in [1.82, 2.24) is 9.78 Å². The van der Waals surface area contributed by atoms with Crippen LogP contribution in [0.4, 0.5) is 11.4 Å². The molecule has 0 aliphatic rings. The molecule has 0 bridgehead atoms. The Kier molecular flexibility index (Phi) is 5.09. The molecule has 7 nitrogen and oxygen atoms in total. The fourth-order valence-electron chi connectivity index (χ4n) is 3.17. The van der Waals surface area contributed by atoms with Crippen molar-refractivity contribution in [3.8, 4) is 16.9 Å². The summed E-state index contributed by atoms with van der Waals surface area (Å²) >= 11 is 0. The number of hydrogen-bond donors (Lipinski definition) is 1. The number of amides is 1. The minimum Gasteiger partial charge on any atom is -0.322 e. The summed E-state index contributed by atoms with van der Waals surface area (Å²) in [4.78, 5) is 22.9. The van der Waals surface area contributed by atoms with Gasteiger partial charge in [0.2, 0.25) is 0 Å². The summed E-state index contributed by atoms with van der Waals surface area (Å²) in [5.74, 6) is -0.345. The Hall–Kier alpha value is -4.26. The van der Waals surface area contributed by atoms with Crippen LogP contribution in [0.2, 0.25) is 0 Å². The number of non-ortho nitro benzene ring substituents is 1. The Morgan fingerprint density at radius 2 is 1.70 bits per heavy atom. The number of carbonyl (C=O) groups excluding carboxylic acids is 1. The van der Waals surface area contributed by atoms with Gasteiger partial charge in [-0.1, -0.05) is 36.4 Å². The second kappa shape index (κ2) is 8.00. The van der Waals surface area contributed by atoms with Gasteiger partial charge in [-0.15, -0.1) is 0 Å². The molecule has 148 valence electrons. The Balaban J connectivity index is 1.57. The number of aromatic nitrogens is 2. The molecule has 1 amide bonds. The number of benzene rings is 3. The van der Waals surface area contributed by atoms with Gasteiger partial charge in [-0.05, 0) is 43.3 Å². The van der Waals surface area contributed by atoms with Gasteiger partial charge in [0.25, 0.3) is 11.6 Å². The molecule has 1 aromatic heterocycles. The highest BCUT2D eigenvalue weighted by molar-refractivity contribution is 6.04. The van der Waals surface area contributed by atoms with E-state index in [-0.39, 0.29) is 11.6 Å². The first-order chi connectivity index (χ1) is 14.5. The lowest BCUT2D eigenvalue weighted by Crippen LogP contribution is -2.12. The normalized spacial score (nSPS) is 10.6. The molecule has 0 saturated heterocycles. The quantitative estimate of drug-likeness (QED) is 0.378. The van der Waals surface area contributed by atoms with Crippen LogP contribution in [0.1, 0.15) is 16.1 Å². The maximum atomic E-state index is 12.5. The molecule has 4 aromatic rings. The van der Waals surface area contributed by atoms with Crippen molar-refractivity contribution >= 4 is 17.3 Å². The molecule has 4 rings (SSSR count). The zero-order chi connectivity index (χ0) is 21.1. The topological polar surface area (TPSA) is 90.1 Å². The zero-order valence-corrected chi connectivity index (χ0v) is 16.1. The molecular formula is C23H18N4O3. The summed E-state index contributed by atoms with van der Waals surface area (Å²) in [5, 5.41) is 18.2. The number of rotatable bonds is 5. The van der Waals surface area contributed by atoms with E-state index in [0.717, 1.165) is 22.6 Å². The maximum Gasteiger partial charge on any atom is 0.271 e. The highest BCUT2D eigenvalue weighted by atomic mass is 16.6. The maximum absolute atomic E-state index is 12.5. The summed E-state index contributed by atoms with van der Waals surface area (Å²) in [6.45, 7) is 1.93. The van der Waals surface area contributed by atoms with Gasteiger partial charge in [-0.2, -0.15) is 5.10 Å². The zero-order valence-electron chi connectivity index (χ0n) is 16.1. The fraction of sp³-hybridized carbons (Fsp3) is 0.0435. The van der Waals surface area contributed by atoms with Crippen molar-refractivity contribution in [2.75, 3.05) is 5.32 Å². The monoisotopic (exact) mass is 398 g/mol. The van der Waals surface area contributed by atoms with Gasteiger partial charge in [-0.3, -0.25) is 14.9 Å². The van der Waals surface area contributed by atoms with E-state index in [1.54, 1.807) is 18.2 Å². The number of nitro benzene ring substituents is 1. The van der Waals surface area contributed by atoms with Crippen LogP contribution >= 0.6 is 0 Å². The Bertz CT molecular complexity index is 1210. The first-order valence-electron chi connectivity index (χ1n) is 9.29. The van der Waals surface area contributed by atoms with Crippen LogP contribution in [-0.2, 0) is 0 Å². The SMILES string of the molecule is Cc1cc(-c2ccccc2)n(-c2ccc(C(=O)Nc3cccc([N+](=O)[O-])c3)cc2)n1. The lowest BCUT2D eigenvalue weighted by Gasteiger charge is -2.09. The number of hydrogen-bond acceptors (Lipinski definition) is 4. The van der Waals surface area contributed by atoms with Crippen molar-refractivity contribution in [3.05, 3.63) is 106 Å². The molecule has 0 aliphatic carbocycles. The summed E-state index contributed by atoms with van der Waals surface area (Å²) in [7, 11) is 0. The van der Waals surface area contributed by atoms with E-state index in [1.165, 1.54) is 18.2 Å². The summed E-state index contributed by atoms with van der Waals surface area (Å²) in [6.07, 6.45) is 0. The number of nitro groups is 1. The van der Waals surface area contributed by atoms with Gasteiger partial charge >= 0.3 is 0 Å². The highest BCUT2D eigenvalue weighted by Crippen LogP contribution is 2.24. The van der Waals surface area contributed by atoms with Crippen LogP contribution in [0.3, 0.4) is 0 Å². The number of carbonyl (C=O) groups is 1. The molecule has 0 fully saturated rings. The van der Waals surface area contributed by atoms with Gasteiger partial charge in [-0.25, -0.2) is 4.68 Å². The first-order valence-corrected chi connectivity index (χ1v) is 9.29. The van der Waals surface area contributed by atoms with Crippen LogP contribution in [0.15, 0.2) is 84.9 Å². The number of nitrogens with zero attached hydrogens (tertiary/aromatic N) is 3. The number of nitrogens with one attached hydrogen (secondary N) is 1. The summed E-state index contributed by atoms with van der Waals surface area (Å²) in [5.41, 5.74) is 4.45. The molecule has 1 N–H and O–H groups in total. The predicted molar refractivity (Wildman–Crippen MR) is 115 cm³/mol. The third kappa shape index (κ3) is 3.95. The van der Waals surface area contributed by atoms with Crippen molar-refractivity contribution in [2.45, 2.75) is 6.92 Å². The van der Waals surface area contributed by atoms with Crippen molar-refractivity contribution in [2.24, 2.45) is 0 Å². The number of aryl methyl sites for hydroxylation is 1. The van der Waals surface area contributed by atoms with E-state index in [2.05, 4.69) is 10.4 Å². The van der Waals surface area contributed by atoms with Crippen LogP contribution in [0.25, 0.3) is 16.9 Å². The molecule has 0 unspecified atom stereocenters. The molecule has 0 aliphatic heterocycles. The first kappa shape index (κ1) is 19.1. The van der Waals surface area contributed by atoms with Crippen molar-refractivity contribution in [1.29, 1.82) is 0 Å². The average molecular weight is 398 g/mol. The second-order valence-corrected chi connectivity index (χ2v) is 6.76. The second-order valence-electron chi connectivity index (χ2n) is 6.76. The molecule has 7 heteroatoms. The molecule has 0 radical (unpaired) electrons. The minimum absolute atomic E-state index is 0.0781. The third-order valence-electron chi connectivity index (χ3n) is 4.59. The van der Waals surface area contributed by atoms with Gasteiger partial charge in [0.15, 0.2) is 0 Å².